The third-order valence-corrected chi connectivity index (χ3v) is 6.39. The molecule has 1 spiro atoms. The van der Waals surface area contributed by atoms with Gasteiger partial charge in [0, 0.05) is 29.4 Å². The number of carbonyl (C=O) groups is 1. The number of nitrogens with zero attached hydrogens (tertiary/aromatic N) is 1. The number of carbonyl (C=O) groups excluding carboxylic acids is 1. The van der Waals surface area contributed by atoms with Gasteiger partial charge in [-0.1, -0.05) is 48.5 Å². The molecule has 2 aliphatic rings. The van der Waals surface area contributed by atoms with Crippen LogP contribution in [0.5, 0.6) is 5.75 Å². The number of likely N-dealkylation sites (N-methyl/N-ethyl adjacent to an activating group) is 1. The molecule has 3 heteroatoms. The summed E-state index contributed by atoms with van der Waals surface area (Å²) in [6, 6.07) is 23.5. The van der Waals surface area contributed by atoms with Gasteiger partial charge in [-0.3, -0.25) is 4.79 Å². The molecule has 0 saturated carbocycles. The monoisotopic (exact) mass is 381 g/mol. The van der Waals surface area contributed by atoms with Crippen molar-refractivity contribution in [2.45, 2.75) is 25.0 Å². The van der Waals surface area contributed by atoms with Crippen LogP contribution in [0, 0.1) is 0 Å². The maximum Gasteiger partial charge on any atom is 0.211 e. The molecule has 29 heavy (non-hydrogen) atoms. The molecule has 144 valence electrons. The van der Waals surface area contributed by atoms with Gasteiger partial charge in [0.2, 0.25) is 5.72 Å². The lowest BCUT2D eigenvalue weighted by molar-refractivity contribution is 0.0581. The Labute approximate surface area is 171 Å². The Bertz CT molecular complexity index is 1150. The van der Waals surface area contributed by atoms with Gasteiger partial charge >= 0.3 is 0 Å². The van der Waals surface area contributed by atoms with Gasteiger partial charge in [0.05, 0.1) is 5.41 Å². The summed E-state index contributed by atoms with van der Waals surface area (Å²) >= 11 is 0. The van der Waals surface area contributed by atoms with Crippen molar-refractivity contribution in [1.82, 2.24) is 0 Å². The number of hydrogen-bond acceptors (Lipinski definition) is 3. The Kier molecular flexibility index (Phi) is 3.72. The van der Waals surface area contributed by atoms with E-state index in [-0.39, 0.29) is 11.2 Å². The predicted molar refractivity (Wildman–Crippen MR) is 117 cm³/mol. The van der Waals surface area contributed by atoms with Gasteiger partial charge in [-0.15, -0.1) is 0 Å². The fourth-order valence-corrected chi connectivity index (χ4v) is 4.68. The summed E-state index contributed by atoms with van der Waals surface area (Å²) in [6.45, 7) is 4.44. The first-order valence-corrected chi connectivity index (χ1v) is 9.89. The van der Waals surface area contributed by atoms with Crippen molar-refractivity contribution in [2.24, 2.45) is 0 Å². The standard InChI is InChI=1S/C26H23NO2/c1-25(2)21-11-7-8-12-22(21)27(3)26(25)16-15-19-17-20(13-14-23(19)29-26)24(28)18-9-5-4-6-10-18/h4-17H,1-3H3. The van der Waals surface area contributed by atoms with Crippen molar-refractivity contribution >= 4 is 17.5 Å². The van der Waals surface area contributed by atoms with Gasteiger partial charge in [-0.05, 0) is 55.8 Å². The Morgan fingerprint density at radius 1 is 0.897 bits per heavy atom. The molecule has 2 heterocycles. The van der Waals surface area contributed by atoms with Crippen LogP contribution in [0.3, 0.4) is 0 Å². The van der Waals surface area contributed by atoms with Gasteiger partial charge in [0.1, 0.15) is 5.75 Å². The molecule has 3 nitrogen and oxygen atoms in total. The van der Waals surface area contributed by atoms with Crippen LogP contribution in [0.25, 0.3) is 6.08 Å². The van der Waals surface area contributed by atoms with E-state index in [2.05, 4.69) is 62.2 Å². The molecule has 0 N–H and O–H groups in total. The highest BCUT2D eigenvalue weighted by atomic mass is 16.5. The van der Waals surface area contributed by atoms with E-state index in [1.165, 1.54) is 11.3 Å². The Morgan fingerprint density at radius 3 is 2.38 bits per heavy atom. The van der Waals surface area contributed by atoms with Gasteiger partial charge in [0.25, 0.3) is 0 Å². The molecule has 0 aliphatic carbocycles. The third kappa shape index (κ3) is 2.40. The lowest BCUT2D eigenvalue weighted by atomic mass is 9.76. The zero-order chi connectivity index (χ0) is 20.2. The molecule has 0 bridgehead atoms. The molecule has 1 atom stereocenters. The van der Waals surface area contributed by atoms with Crippen molar-refractivity contribution in [1.29, 1.82) is 0 Å². The minimum absolute atomic E-state index is 0.0211. The first kappa shape index (κ1) is 17.7. The summed E-state index contributed by atoms with van der Waals surface area (Å²) in [7, 11) is 2.08. The van der Waals surface area contributed by atoms with Crippen LogP contribution in [0.15, 0.2) is 78.9 Å². The van der Waals surface area contributed by atoms with Crippen LogP contribution in [-0.4, -0.2) is 18.6 Å². The van der Waals surface area contributed by atoms with E-state index in [1.807, 2.05) is 48.5 Å². The minimum Gasteiger partial charge on any atom is -0.463 e. The number of ether oxygens (including phenoxy) is 1. The Morgan fingerprint density at radius 2 is 1.62 bits per heavy atom. The van der Waals surface area contributed by atoms with Gasteiger partial charge in [-0.25, -0.2) is 0 Å². The molecule has 0 aromatic heterocycles. The highest BCUT2D eigenvalue weighted by molar-refractivity contribution is 6.09. The fourth-order valence-electron chi connectivity index (χ4n) is 4.68. The predicted octanol–water partition coefficient (Wildman–Crippen LogP) is 5.45. The van der Waals surface area contributed by atoms with Crippen LogP contribution in [0.1, 0.15) is 40.9 Å². The van der Waals surface area contributed by atoms with E-state index in [9.17, 15) is 4.79 Å². The van der Waals surface area contributed by atoms with Crippen LogP contribution >= 0.6 is 0 Å². The summed E-state index contributed by atoms with van der Waals surface area (Å²) < 4.78 is 6.66. The highest BCUT2D eigenvalue weighted by Crippen LogP contribution is 2.54. The number of ketones is 1. The lowest BCUT2D eigenvalue weighted by Gasteiger charge is -2.45. The second kappa shape index (κ2) is 6.08. The molecule has 0 fully saturated rings. The average molecular weight is 381 g/mol. The van der Waals surface area contributed by atoms with Crippen LogP contribution in [-0.2, 0) is 5.41 Å². The van der Waals surface area contributed by atoms with E-state index in [0.717, 1.165) is 11.3 Å². The lowest BCUT2D eigenvalue weighted by Crippen LogP contribution is -2.58. The molecule has 3 aromatic rings. The maximum atomic E-state index is 12.8. The van der Waals surface area contributed by atoms with Gasteiger partial charge in [0.15, 0.2) is 5.78 Å². The van der Waals surface area contributed by atoms with E-state index in [0.29, 0.717) is 11.1 Å². The number of rotatable bonds is 2. The first-order valence-electron chi connectivity index (χ1n) is 9.89. The average Bonchev–Trinajstić information content (AvgIpc) is 2.92. The van der Waals surface area contributed by atoms with Crippen molar-refractivity contribution in [3.05, 3.63) is 101 Å². The quantitative estimate of drug-likeness (QED) is 0.553. The summed E-state index contributed by atoms with van der Waals surface area (Å²) in [5.41, 5.74) is 3.91. The van der Waals surface area contributed by atoms with Crippen LogP contribution < -0.4 is 9.64 Å². The largest absolute Gasteiger partial charge is 0.463 e. The van der Waals surface area contributed by atoms with E-state index in [1.54, 1.807) is 0 Å². The number of para-hydroxylation sites is 1. The van der Waals surface area contributed by atoms with E-state index in [4.69, 9.17) is 4.74 Å². The van der Waals surface area contributed by atoms with Gasteiger partial charge in [-0.2, -0.15) is 0 Å². The van der Waals surface area contributed by atoms with Crippen LogP contribution in [0.2, 0.25) is 0 Å². The summed E-state index contributed by atoms with van der Waals surface area (Å²) in [6.07, 6.45) is 4.22. The molecule has 1 unspecified atom stereocenters. The third-order valence-electron chi connectivity index (χ3n) is 6.39. The zero-order valence-electron chi connectivity index (χ0n) is 16.8. The van der Waals surface area contributed by atoms with Crippen molar-refractivity contribution in [2.75, 3.05) is 11.9 Å². The first-order chi connectivity index (χ1) is 13.9. The highest BCUT2D eigenvalue weighted by Gasteiger charge is 2.57. The molecule has 2 aliphatic heterocycles. The smallest absolute Gasteiger partial charge is 0.211 e. The number of anilines is 1. The van der Waals surface area contributed by atoms with Crippen molar-refractivity contribution < 1.29 is 9.53 Å². The van der Waals surface area contributed by atoms with Crippen LogP contribution in [0.4, 0.5) is 5.69 Å². The Balaban J connectivity index is 1.54. The van der Waals surface area contributed by atoms with E-state index >= 15 is 0 Å². The molecule has 0 saturated heterocycles. The SMILES string of the molecule is CN1c2ccccc2C(C)(C)C12C=Cc1cc(C(=O)c3ccccc3)ccc1O2. The molecule has 0 amide bonds. The second-order valence-electron chi connectivity index (χ2n) is 8.28. The normalized spacial score (nSPS) is 20.9. The second-order valence-corrected chi connectivity index (χ2v) is 8.28. The summed E-state index contributed by atoms with van der Waals surface area (Å²) in [5.74, 6) is 0.817. The fraction of sp³-hybridized carbons (Fsp3) is 0.192. The molecule has 0 radical (unpaired) electrons. The molecular formula is C26H23NO2. The maximum absolute atomic E-state index is 12.8. The van der Waals surface area contributed by atoms with Crippen molar-refractivity contribution in [3.8, 4) is 5.75 Å². The van der Waals surface area contributed by atoms with Crippen molar-refractivity contribution in [3.63, 3.8) is 0 Å². The zero-order valence-corrected chi connectivity index (χ0v) is 16.8. The summed E-state index contributed by atoms with van der Waals surface area (Å²) in [4.78, 5) is 15.0. The number of benzene rings is 3. The number of hydrogen-bond donors (Lipinski definition) is 0. The summed E-state index contributed by atoms with van der Waals surface area (Å²) in [5, 5.41) is 0. The molecule has 3 aromatic carbocycles. The Hall–Kier alpha value is -3.33. The minimum atomic E-state index is -0.603. The van der Waals surface area contributed by atoms with E-state index < -0.39 is 5.72 Å². The van der Waals surface area contributed by atoms with Gasteiger partial charge < -0.3 is 9.64 Å². The number of fused-ring (bicyclic) bond motifs is 2. The molecule has 5 rings (SSSR count). The molecular weight excluding hydrogens is 358 g/mol. The topological polar surface area (TPSA) is 29.5 Å².